The Morgan fingerprint density at radius 2 is 2.38 bits per heavy atom. The fourth-order valence-electron chi connectivity index (χ4n) is 3.43. The number of carbonyl (C=O) groups excluding carboxylic acids is 1. The fourth-order valence-corrected chi connectivity index (χ4v) is 3.43. The highest BCUT2D eigenvalue weighted by Crippen LogP contribution is 2.19. The van der Waals surface area contributed by atoms with Gasteiger partial charge in [0.2, 0.25) is 5.91 Å². The number of rotatable bonds is 6. The van der Waals surface area contributed by atoms with Crippen molar-refractivity contribution in [1.29, 1.82) is 0 Å². The molecule has 0 saturated carbocycles. The summed E-state index contributed by atoms with van der Waals surface area (Å²) in [7, 11) is 0. The van der Waals surface area contributed by atoms with Crippen molar-refractivity contribution in [3.63, 3.8) is 0 Å². The van der Waals surface area contributed by atoms with E-state index < -0.39 is 0 Å². The van der Waals surface area contributed by atoms with E-state index >= 15 is 0 Å². The molecular weight excluding hydrogens is 304 g/mol. The first-order chi connectivity index (χ1) is 11.6. The third-order valence-electron chi connectivity index (χ3n) is 4.79. The van der Waals surface area contributed by atoms with Crippen molar-refractivity contribution in [3.05, 3.63) is 41.1 Å². The zero-order chi connectivity index (χ0) is 16.9. The topological polar surface area (TPSA) is 74.2 Å². The Morgan fingerprint density at radius 3 is 3.08 bits per heavy atom. The van der Waals surface area contributed by atoms with Gasteiger partial charge in [-0.3, -0.25) is 14.8 Å². The van der Waals surface area contributed by atoms with Crippen molar-refractivity contribution in [1.82, 2.24) is 20.4 Å². The number of furan rings is 1. The van der Waals surface area contributed by atoms with Crippen LogP contribution in [-0.2, 0) is 17.8 Å². The van der Waals surface area contributed by atoms with Crippen molar-refractivity contribution in [2.75, 3.05) is 19.6 Å². The number of piperidine rings is 1. The summed E-state index contributed by atoms with van der Waals surface area (Å²) in [5.74, 6) is 1.19. The molecule has 0 bridgehead atoms. The second kappa shape index (κ2) is 7.66. The molecule has 1 atom stereocenters. The Bertz CT molecular complexity index is 643. The van der Waals surface area contributed by atoms with E-state index in [2.05, 4.69) is 20.4 Å². The van der Waals surface area contributed by atoms with Crippen molar-refractivity contribution in [2.45, 2.75) is 39.7 Å². The molecule has 2 aromatic heterocycles. The minimum Gasteiger partial charge on any atom is -0.468 e. The van der Waals surface area contributed by atoms with Gasteiger partial charge in [-0.15, -0.1) is 0 Å². The van der Waals surface area contributed by atoms with Crippen molar-refractivity contribution in [2.24, 2.45) is 5.92 Å². The number of carbonyl (C=O) groups is 1. The van der Waals surface area contributed by atoms with Crippen LogP contribution in [0.1, 0.15) is 35.6 Å². The second-order valence-corrected chi connectivity index (χ2v) is 6.61. The molecule has 1 unspecified atom stereocenters. The van der Waals surface area contributed by atoms with Gasteiger partial charge in [0, 0.05) is 18.8 Å². The standard InChI is InChI=1S/C18H26N4O2/c1-13-17(14(2)21-20-13)7-8-19-18(23)15-5-3-9-22(11-15)12-16-6-4-10-24-16/h4,6,10,15H,3,5,7-9,11-12H2,1-2H3,(H,19,23)(H,20,21). The van der Waals surface area contributed by atoms with Gasteiger partial charge in [-0.25, -0.2) is 0 Å². The smallest absolute Gasteiger partial charge is 0.224 e. The molecule has 6 nitrogen and oxygen atoms in total. The second-order valence-electron chi connectivity index (χ2n) is 6.61. The number of H-pyrrole nitrogens is 1. The number of hydrogen-bond acceptors (Lipinski definition) is 4. The largest absolute Gasteiger partial charge is 0.468 e. The van der Waals surface area contributed by atoms with Crippen molar-refractivity contribution >= 4 is 5.91 Å². The minimum atomic E-state index is 0.0697. The first-order valence-electron chi connectivity index (χ1n) is 8.66. The van der Waals surface area contributed by atoms with Crippen LogP contribution in [0.2, 0.25) is 0 Å². The number of nitrogens with one attached hydrogen (secondary N) is 2. The third kappa shape index (κ3) is 4.06. The summed E-state index contributed by atoms with van der Waals surface area (Å²) in [6.45, 7) is 7.28. The van der Waals surface area contributed by atoms with Gasteiger partial charge in [-0.1, -0.05) is 0 Å². The SMILES string of the molecule is Cc1n[nH]c(C)c1CCNC(=O)C1CCCN(Cc2ccco2)C1. The van der Waals surface area contributed by atoms with E-state index in [1.807, 2.05) is 26.0 Å². The molecule has 0 spiro atoms. The van der Waals surface area contributed by atoms with Crippen LogP contribution in [0.25, 0.3) is 0 Å². The highest BCUT2D eigenvalue weighted by Gasteiger charge is 2.26. The highest BCUT2D eigenvalue weighted by molar-refractivity contribution is 5.79. The number of amides is 1. The van der Waals surface area contributed by atoms with Gasteiger partial charge in [0.1, 0.15) is 5.76 Å². The highest BCUT2D eigenvalue weighted by atomic mass is 16.3. The molecule has 130 valence electrons. The van der Waals surface area contributed by atoms with E-state index in [4.69, 9.17) is 4.42 Å². The predicted octanol–water partition coefficient (Wildman–Crippen LogP) is 2.19. The molecule has 2 aromatic rings. The number of aromatic nitrogens is 2. The van der Waals surface area contributed by atoms with Gasteiger partial charge >= 0.3 is 0 Å². The fraction of sp³-hybridized carbons (Fsp3) is 0.556. The summed E-state index contributed by atoms with van der Waals surface area (Å²) in [6, 6.07) is 3.89. The molecule has 1 fully saturated rings. The van der Waals surface area contributed by atoms with Crippen molar-refractivity contribution in [3.8, 4) is 0 Å². The number of likely N-dealkylation sites (tertiary alicyclic amines) is 1. The van der Waals surface area contributed by atoms with Crippen LogP contribution < -0.4 is 5.32 Å². The van der Waals surface area contributed by atoms with Crippen LogP contribution in [-0.4, -0.2) is 40.6 Å². The third-order valence-corrected chi connectivity index (χ3v) is 4.79. The van der Waals surface area contributed by atoms with Crippen molar-refractivity contribution < 1.29 is 9.21 Å². The summed E-state index contributed by atoms with van der Waals surface area (Å²) in [5.41, 5.74) is 3.31. The Hall–Kier alpha value is -2.08. The van der Waals surface area contributed by atoms with Crippen LogP contribution in [0.3, 0.4) is 0 Å². The summed E-state index contributed by atoms with van der Waals surface area (Å²) < 4.78 is 5.41. The van der Waals surface area contributed by atoms with Gasteiger partial charge in [0.15, 0.2) is 0 Å². The quantitative estimate of drug-likeness (QED) is 0.851. The molecule has 1 aliphatic rings. The van der Waals surface area contributed by atoms with E-state index in [1.54, 1.807) is 6.26 Å². The monoisotopic (exact) mass is 330 g/mol. The lowest BCUT2D eigenvalue weighted by Crippen LogP contribution is -2.43. The Kier molecular flexibility index (Phi) is 5.35. The molecular formula is C18H26N4O2. The maximum Gasteiger partial charge on any atom is 0.224 e. The average molecular weight is 330 g/mol. The molecule has 1 amide bonds. The molecule has 24 heavy (non-hydrogen) atoms. The molecule has 1 saturated heterocycles. The Morgan fingerprint density at radius 1 is 1.50 bits per heavy atom. The molecule has 1 aliphatic heterocycles. The van der Waals surface area contributed by atoms with E-state index in [9.17, 15) is 4.79 Å². The predicted molar refractivity (Wildman–Crippen MR) is 91.5 cm³/mol. The van der Waals surface area contributed by atoms with Crippen LogP contribution in [0, 0.1) is 19.8 Å². The zero-order valence-electron chi connectivity index (χ0n) is 14.5. The van der Waals surface area contributed by atoms with Gasteiger partial charge in [-0.05, 0) is 57.4 Å². The normalized spacial score (nSPS) is 18.7. The maximum atomic E-state index is 12.5. The van der Waals surface area contributed by atoms with E-state index in [0.29, 0.717) is 6.54 Å². The number of hydrogen-bond donors (Lipinski definition) is 2. The molecule has 3 heterocycles. The lowest BCUT2D eigenvalue weighted by molar-refractivity contribution is -0.126. The summed E-state index contributed by atoms with van der Waals surface area (Å²) in [6.07, 6.45) is 4.54. The van der Waals surface area contributed by atoms with Gasteiger partial charge in [0.05, 0.1) is 24.4 Å². The lowest BCUT2D eigenvalue weighted by Gasteiger charge is -2.31. The summed E-state index contributed by atoms with van der Waals surface area (Å²) >= 11 is 0. The lowest BCUT2D eigenvalue weighted by atomic mass is 9.97. The first-order valence-corrected chi connectivity index (χ1v) is 8.66. The van der Waals surface area contributed by atoms with E-state index in [-0.39, 0.29) is 11.8 Å². The number of aromatic amines is 1. The molecule has 6 heteroatoms. The van der Waals surface area contributed by atoms with E-state index in [1.165, 1.54) is 5.56 Å². The van der Waals surface area contributed by atoms with Crippen LogP contribution in [0.4, 0.5) is 0 Å². The number of nitrogens with zero attached hydrogens (tertiary/aromatic N) is 2. The molecule has 0 aromatic carbocycles. The summed E-state index contributed by atoms with van der Waals surface area (Å²) in [4.78, 5) is 14.8. The Labute approximate surface area is 142 Å². The maximum absolute atomic E-state index is 12.5. The molecule has 2 N–H and O–H groups in total. The van der Waals surface area contributed by atoms with Gasteiger partial charge in [-0.2, -0.15) is 5.10 Å². The van der Waals surface area contributed by atoms with E-state index in [0.717, 1.165) is 56.0 Å². The van der Waals surface area contributed by atoms with Crippen LogP contribution in [0.15, 0.2) is 22.8 Å². The van der Waals surface area contributed by atoms with Gasteiger partial charge < -0.3 is 9.73 Å². The zero-order valence-corrected chi connectivity index (χ0v) is 14.5. The number of aryl methyl sites for hydroxylation is 2. The first kappa shape index (κ1) is 16.8. The van der Waals surface area contributed by atoms with Crippen LogP contribution in [0.5, 0.6) is 0 Å². The van der Waals surface area contributed by atoms with Gasteiger partial charge in [0.25, 0.3) is 0 Å². The molecule has 0 aliphatic carbocycles. The molecule has 3 rings (SSSR count). The minimum absolute atomic E-state index is 0.0697. The summed E-state index contributed by atoms with van der Waals surface area (Å²) in [5, 5.41) is 10.3. The van der Waals surface area contributed by atoms with Crippen LogP contribution >= 0.6 is 0 Å². The Balaban J connectivity index is 1.46. The molecule has 0 radical (unpaired) electrons. The average Bonchev–Trinajstić information content (AvgIpc) is 3.19.